The Hall–Kier alpha value is -0.580. The second-order valence-electron chi connectivity index (χ2n) is 5.01. The van der Waals surface area contributed by atoms with E-state index in [0.29, 0.717) is 22.4 Å². The molecule has 0 saturated carbocycles. The average Bonchev–Trinajstić information content (AvgIpc) is 2.78. The number of hydrogen-bond acceptors (Lipinski definition) is 4. The summed E-state index contributed by atoms with van der Waals surface area (Å²) >= 11 is 11.9. The molecule has 0 spiro atoms. The van der Waals surface area contributed by atoms with Crippen molar-refractivity contribution in [2.75, 3.05) is 18.4 Å². The van der Waals surface area contributed by atoms with E-state index in [0.717, 1.165) is 12.1 Å². The van der Waals surface area contributed by atoms with Crippen molar-refractivity contribution in [1.82, 2.24) is 15.1 Å². The first-order valence-corrected chi connectivity index (χ1v) is 7.19. The van der Waals surface area contributed by atoms with Crippen LogP contribution in [0, 0.1) is 0 Å². The van der Waals surface area contributed by atoms with Gasteiger partial charge in [-0.2, -0.15) is 0 Å². The summed E-state index contributed by atoms with van der Waals surface area (Å²) in [6, 6.07) is 2.83. The van der Waals surface area contributed by atoms with E-state index >= 15 is 0 Å². The van der Waals surface area contributed by atoms with Crippen molar-refractivity contribution in [2.24, 2.45) is 0 Å². The van der Waals surface area contributed by atoms with Gasteiger partial charge < -0.3 is 5.32 Å². The third-order valence-electron chi connectivity index (χ3n) is 3.92. The van der Waals surface area contributed by atoms with Crippen molar-refractivity contribution in [2.45, 2.75) is 37.8 Å². The molecule has 4 nitrogen and oxygen atoms in total. The number of rotatable bonds is 2. The first-order chi connectivity index (χ1) is 8.74. The van der Waals surface area contributed by atoms with Crippen LogP contribution in [0.3, 0.4) is 0 Å². The van der Waals surface area contributed by atoms with Crippen LogP contribution in [-0.2, 0) is 0 Å². The van der Waals surface area contributed by atoms with E-state index in [1.54, 1.807) is 6.07 Å². The Labute approximate surface area is 117 Å². The number of aromatic nitrogens is 2. The van der Waals surface area contributed by atoms with Crippen LogP contribution in [0.25, 0.3) is 0 Å². The predicted octanol–water partition coefficient (Wildman–Crippen LogP) is 2.82. The predicted molar refractivity (Wildman–Crippen MR) is 73.3 cm³/mol. The molecule has 0 aliphatic carbocycles. The molecule has 0 aromatic carbocycles. The van der Waals surface area contributed by atoms with E-state index < -0.39 is 0 Å². The highest BCUT2D eigenvalue weighted by molar-refractivity contribution is 6.33. The second kappa shape index (κ2) is 5.19. The molecule has 2 aliphatic rings. The van der Waals surface area contributed by atoms with Gasteiger partial charge in [0, 0.05) is 24.7 Å². The van der Waals surface area contributed by atoms with E-state index in [4.69, 9.17) is 23.2 Å². The molecule has 2 atom stereocenters. The lowest BCUT2D eigenvalue weighted by Gasteiger charge is -2.33. The third kappa shape index (κ3) is 2.42. The monoisotopic (exact) mass is 286 g/mol. The molecule has 0 bridgehead atoms. The molecule has 0 radical (unpaired) electrons. The quantitative estimate of drug-likeness (QED) is 0.908. The van der Waals surface area contributed by atoms with Crippen LogP contribution in [-0.4, -0.2) is 40.3 Å². The summed E-state index contributed by atoms with van der Waals surface area (Å²) in [5, 5.41) is 11.8. The number of piperidine rings is 1. The molecule has 1 aromatic heterocycles. The molecule has 3 rings (SSSR count). The van der Waals surface area contributed by atoms with Crippen LogP contribution in [0.2, 0.25) is 10.3 Å². The topological polar surface area (TPSA) is 41.0 Å². The second-order valence-corrected chi connectivity index (χ2v) is 5.76. The van der Waals surface area contributed by atoms with Crippen LogP contribution >= 0.6 is 23.2 Å². The number of fused-ring (bicyclic) bond motifs is 1. The zero-order valence-electron chi connectivity index (χ0n) is 10.1. The number of anilines is 1. The van der Waals surface area contributed by atoms with E-state index in [9.17, 15) is 0 Å². The van der Waals surface area contributed by atoms with Crippen molar-refractivity contribution < 1.29 is 0 Å². The molecule has 2 unspecified atom stereocenters. The van der Waals surface area contributed by atoms with Gasteiger partial charge in [0.05, 0.1) is 5.69 Å². The lowest BCUT2D eigenvalue weighted by Crippen LogP contribution is -2.41. The number of halogens is 2. The van der Waals surface area contributed by atoms with Crippen LogP contribution in [0.4, 0.5) is 5.69 Å². The van der Waals surface area contributed by atoms with Gasteiger partial charge in [-0.3, -0.25) is 4.90 Å². The van der Waals surface area contributed by atoms with Gasteiger partial charge in [-0.05, 0) is 25.8 Å². The van der Waals surface area contributed by atoms with Gasteiger partial charge in [-0.1, -0.05) is 29.6 Å². The van der Waals surface area contributed by atoms with Crippen LogP contribution in [0.5, 0.6) is 0 Å². The maximum atomic E-state index is 6.04. The molecular weight excluding hydrogens is 271 g/mol. The maximum absolute atomic E-state index is 6.04. The first-order valence-electron chi connectivity index (χ1n) is 6.43. The lowest BCUT2D eigenvalue weighted by atomic mass is 9.99. The first kappa shape index (κ1) is 12.5. The van der Waals surface area contributed by atoms with E-state index in [2.05, 4.69) is 20.4 Å². The van der Waals surface area contributed by atoms with Gasteiger partial charge in [-0.25, -0.2) is 0 Å². The Balaban J connectivity index is 1.74. The molecule has 2 saturated heterocycles. The standard InChI is InChI=1S/C12H16Cl2N4/c13-11-7-9(12(14)17-16-11)15-8-4-6-18-5-2-1-3-10(8)18/h7-8,10H,1-6H2,(H,15,16). The van der Waals surface area contributed by atoms with Gasteiger partial charge in [-0.15, -0.1) is 10.2 Å². The molecule has 6 heteroatoms. The number of nitrogens with one attached hydrogen (secondary N) is 1. The Morgan fingerprint density at radius 2 is 2.06 bits per heavy atom. The Morgan fingerprint density at radius 3 is 2.94 bits per heavy atom. The highest BCUT2D eigenvalue weighted by Crippen LogP contribution is 2.31. The van der Waals surface area contributed by atoms with Crippen molar-refractivity contribution in [1.29, 1.82) is 0 Å². The Kier molecular flexibility index (Phi) is 3.59. The largest absolute Gasteiger partial charge is 0.378 e. The van der Waals surface area contributed by atoms with Crippen LogP contribution in [0.1, 0.15) is 25.7 Å². The summed E-state index contributed by atoms with van der Waals surface area (Å²) < 4.78 is 0. The van der Waals surface area contributed by atoms with Crippen molar-refractivity contribution >= 4 is 28.9 Å². The Bertz CT molecular complexity index is 440. The van der Waals surface area contributed by atoms with E-state index in [-0.39, 0.29) is 0 Å². The summed E-state index contributed by atoms with van der Waals surface area (Å²) in [6.45, 7) is 2.40. The van der Waals surface area contributed by atoms with Gasteiger partial charge in [0.1, 0.15) is 0 Å². The fourth-order valence-corrected chi connectivity index (χ4v) is 3.36. The molecule has 0 amide bonds. The normalized spacial score (nSPS) is 28.1. The molecular formula is C12H16Cl2N4. The van der Waals surface area contributed by atoms with E-state index in [1.165, 1.54) is 32.4 Å². The molecule has 3 heterocycles. The van der Waals surface area contributed by atoms with E-state index in [1.807, 2.05) is 0 Å². The minimum Gasteiger partial charge on any atom is -0.378 e. The van der Waals surface area contributed by atoms with Crippen molar-refractivity contribution in [3.63, 3.8) is 0 Å². The highest BCUT2D eigenvalue weighted by atomic mass is 35.5. The summed E-state index contributed by atoms with van der Waals surface area (Å²) in [5.74, 6) is 0. The number of nitrogens with zero attached hydrogens (tertiary/aromatic N) is 3. The highest BCUT2D eigenvalue weighted by Gasteiger charge is 2.35. The molecule has 98 valence electrons. The fourth-order valence-electron chi connectivity index (χ4n) is 3.07. The molecule has 1 aromatic rings. The number of hydrogen-bond donors (Lipinski definition) is 1. The summed E-state index contributed by atoms with van der Waals surface area (Å²) in [7, 11) is 0. The lowest BCUT2D eigenvalue weighted by molar-refractivity contribution is 0.193. The summed E-state index contributed by atoms with van der Waals surface area (Å²) in [5.41, 5.74) is 0.800. The Morgan fingerprint density at radius 1 is 1.17 bits per heavy atom. The van der Waals surface area contributed by atoms with Crippen molar-refractivity contribution in [3.05, 3.63) is 16.4 Å². The average molecular weight is 287 g/mol. The minimum atomic E-state index is 0.375. The van der Waals surface area contributed by atoms with Gasteiger partial charge >= 0.3 is 0 Å². The fraction of sp³-hybridized carbons (Fsp3) is 0.667. The molecule has 2 fully saturated rings. The van der Waals surface area contributed by atoms with Crippen molar-refractivity contribution in [3.8, 4) is 0 Å². The van der Waals surface area contributed by atoms with Crippen LogP contribution in [0.15, 0.2) is 6.07 Å². The molecule has 2 aliphatic heterocycles. The SMILES string of the molecule is Clc1cc(NC2CCN3CCCCC23)c(Cl)nn1. The van der Waals surface area contributed by atoms with Gasteiger partial charge in [0.15, 0.2) is 10.3 Å². The summed E-state index contributed by atoms with van der Waals surface area (Å²) in [4.78, 5) is 2.57. The van der Waals surface area contributed by atoms with Gasteiger partial charge in [0.2, 0.25) is 0 Å². The zero-order valence-corrected chi connectivity index (χ0v) is 11.6. The maximum Gasteiger partial charge on any atom is 0.174 e. The summed E-state index contributed by atoms with van der Waals surface area (Å²) in [6.07, 6.45) is 5.07. The molecule has 1 N–H and O–H groups in total. The smallest absolute Gasteiger partial charge is 0.174 e. The molecule has 18 heavy (non-hydrogen) atoms. The van der Waals surface area contributed by atoms with Crippen LogP contribution < -0.4 is 5.32 Å². The third-order valence-corrected chi connectivity index (χ3v) is 4.38. The minimum absolute atomic E-state index is 0.375. The zero-order chi connectivity index (χ0) is 12.5. The van der Waals surface area contributed by atoms with Gasteiger partial charge in [0.25, 0.3) is 0 Å².